The Morgan fingerprint density at radius 2 is 1.89 bits per heavy atom. The van der Waals surface area contributed by atoms with Crippen molar-refractivity contribution in [2.24, 2.45) is 5.73 Å². The zero-order valence-corrected chi connectivity index (χ0v) is 16.4. The van der Waals surface area contributed by atoms with Gasteiger partial charge in [0, 0.05) is 5.82 Å². The van der Waals surface area contributed by atoms with Crippen LogP contribution >= 0.6 is 7.60 Å². The summed E-state index contributed by atoms with van der Waals surface area (Å²) in [6.07, 6.45) is -3.05. The van der Waals surface area contributed by atoms with Crippen LogP contribution in [0.5, 0.6) is 0 Å². The number of primary amides is 1. The molecule has 1 aromatic heterocycles. The summed E-state index contributed by atoms with van der Waals surface area (Å²) >= 11 is 0. The molecule has 0 aliphatic carbocycles. The van der Waals surface area contributed by atoms with Crippen molar-refractivity contribution in [1.82, 2.24) is 14.8 Å². The smallest absolute Gasteiger partial charge is 0.354 e. The summed E-state index contributed by atoms with van der Waals surface area (Å²) < 4.78 is 30.2. The zero-order chi connectivity index (χ0) is 20.4. The molecule has 152 valence electrons. The molecule has 1 aromatic rings. The number of nitrogens with zero attached hydrogens (tertiary/aromatic N) is 3. The van der Waals surface area contributed by atoms with Gasteiger partial charge in [-0.05, 0) is 33.8 Å². The van der Waals surface area contributed by atoms with Gasteiger partial charge in [0.25, 0.3) is 5.91 Å². The maximum absolute atomic E-state index is 12.8. The Kier molecular flexibility index (Phi) is 6.90. The quantitative estimate of drug-likeness (QED) is 0.526. The largest absolute Gasteiger partial charge is 0.387 e. The van der Waals surface area contributed by atoms with E-state index in [4.69, 9.17) is 19.5 Å². The summed E-state index contributed by atoms with van der Waals surface area (Å²) in [7, 11) is -3.58. The van der Waals surface area contributed by atoms with E-state index in [9.17, 15) is 19.6 Å². The third-order valence-corrected chi connectivity index (χ3v) is 5.41. The highest BCUT2D eigenvalue weighted by atomic mass is 31.2. The fourth-order valence-corrected chi connectivity index (χ4v) is 4.19. The number of ether oxygens (including phenoxy) is 1. The van der Waals surface area contributed by atoms with Crippen LogP contribution < -0.4 is 5.73 Å². The highest BCUT2D eigenvalue weighted by molar-refractivity contribution is 7.57. The molecular formula is C15H25N4O7P. The molecule has 4 N–H and O–H groups in total. The van der Waals surface area contributed by atoms with Gasteiger partial charge in [0.1, 0.15) is 24.6 Å². The zero-order valence-electron chi connectivity index (χ0n) is 15.5. The van der Waals surface area contributed by atoms with Crippen LogP contribution in [-0.2, 0) is 18.3 Å². The molecule has 0 aromatic carbocycles. The van der Waals surface area contributed by atoms with Crippen molar-refractivity contribution >= 4 is 13.5 Å². The molecule has 27 heavy (non-hydrogen) atoms. The lowest BCUT2D eigenvalue weighted by Gasteiger charge is -2.20. The second-order valence-electron chi connectivity index (χ2n) is 6.57. The summed E-state index contributed by atoms with van der Waals surface area (Å²) in [4.78, 5) is 14.8. The summed E-state index contributed by atoms with van der Waals surface area (Å²) in [5.41, 5.74) is 5.09. The average molecular weight is 404 g/mol. The number of amides is 1. The molecule has 1 fully saturated rings. The van der Waals surface area contributed by atoms with E-state index in [0.717, 1.165) is 11.0 Å². The molecule has 1 saturated heterocycles. The molecule has 11 nitrogen and oxygen atoms in total. The van der Waals surface area contributed by atoms with Gasteiger partial charge in [-0.15, -0.1) is 5.10 Å². The molecule has 1 aliphatic heterocycles. The van der Waals surface area contributed by atoms with Gasteiger partial charge in [-0.1, -0.05) is 0 Å². The van der Waals surface area contributed by atoms with Crippen LogP contribution in [0, 0.1) is 0 Å². The van der Waals surface area contributed by atoms with E-state index in [2.05, 4.69) is 10.1 Å². The molecule has 0 spiro atoms. The first-order chi connectivity index (χ1) is 12.5. The highest BCUT2D eigenvalue weighted by Gasteiger charge is 2.43. The van der Waals surface area contributed by atoms with Crippen LogP contribution in [0.1, 0.15) is 44.5 Å². The lowest BCUT2D eigenvalue weighted by Crippen LogP contribution is -2.31. The molecule has 4 atom stereocenters. The number of aliphatic hydroxyl groups is 2. The SMILES string of the molecule is CC(C)OP(=O)(/C=C/C1O[C@@H](n2cnc(C(N)=O)n2)[C@H](O)[C@@H]1O)OC(C)C. The monoisotopic (exact) mass is 404 g/mol. The Labute approximate surface area is 156 Å². The number of hydrogen-bond donors (Lipinski definition) is 3. The Morgan fingerprint density at radius 1 is 1.30 bits per heavy atom. The van der Waals surface area contributed by atoms with Crippen LogP contribution in [0.2, 0.25) is 0 Å². The lowest BCUT2D eigenvalue weighted by atomic mass is 10.1. The lowest BCUT2D eigenvalue weighted by molar-refractivity contribution is -0.0346. The number of nitrogens with two attached hydrogens (primary N) is 1. The number of aliphatic hydroxyl groups excluding tert-OH is 2. The fourth-order valence-electron chi connectivity index (χ4n) is 2.45. The third kappa shape index (κ3) is 5.44. The molecule has 1 aliphatic rings. The maximum atomic E-state index is 12.8. The molecule has 12 heteroatoms. The number of hydrogen-bond acceptors (Lipinski definition) is 9. The predicted octanol–water partition coefficient (Wildman–Crippen LogP) is 0.553. The molecule has 0 bridgehead atoms. The minimum absolute atomic E-state index is 0.251. The van der Waals surface area contributed by atoms with Crippen molar-refractivity contribution in [3.63, 3.8) is 0 Å². The Morgan fingerprint density at radius 3 is 2.37 bits per heavy atom. The van der Waals surface area contributed by atoms with Crippen LogP contribution in [0.15, 0.2) is 18.2 Å². The first-order valence-electron chi connectivity index (χ1n) is 8.41. The fraction of sp³-hybridized carbons (Fsp3) is 0.667. The molecule has 2 heterocycles. The van der Waals surface area contributed by atoms with Gasteiger partial charge >= 0.3 is 7.60 Å². The van der Waals surface area contributed by atoms with E-state index >= 15 is 0 Å². The maximum Gasteiger partial charge on any atom is 0.354 e. The minimum Gasteiger partial charge on any atom is -0.387 e. The van der Waals surface area contributed by atoms with Gasteiger partial charge in [-0.25, -0.2) is 9.67 Å². The number of carbonyl (C=O) groups excluding carboxylic acids is 1. The normalized spacial score (nSPS) is 26.5. The van der Waals surface area contributed by atoms with Gasteiger partial charge in [-0.3, -0.25) is 9.36 Å². The third-order valence-electron chi connectivity index (χ3n) is 3.44. The average Bonchev–Trinajstić information content (AvgIpc) is 3.11. The van der Waals surface area contributed by atoms with Gasteiger partial charge in [0.15, 0.2) is 6.23 Å². The molecule has 0 radical (unpaired) electrons. The van der Waals surface area contributed by atoms with Crippen molar-refractivity contribution in [2.45, 2.75) is 64.4 Å². The van der Waals surface area contributed by atoms with Crippen molar-refractivity contribution in [3.05, 3.63) is 24.0 Å². The van der Waals surface area contributed by atoms with Crippen LogP contribution in [-0.4, -0.2) is 61.4 Å². The molecule has 1 unspecified atom stereocenters. The van der Waals surface area contributed by atoms with E-state index in [0.29, 0.717) is 0 Å². The van der Waals surface area contributed by atoms with Gasteiger partial charge < -0.3 is 29.7 Å². The summed E-state index contributed by atoms with van der Waals surface area (Å²) in [5, 5.41) is 24.2. The van der Waals surface area contributed by atoms with Gasteiger partial charge in [0.05, 0.1) is 12.2 Å². The van der Waals surface area contributed by atoms with Crippen LogP contribution in [0.4, 0.5) is 0 Å². The van der Waals surface area contributed by atoms with E-state index in [1.807, 2.05) is 0 Å². The van der Waals surface area contributed by atoms with E-state index in [1.165, 1.54) is 11.9 Å². The van der Waals surface area contributed by atoms with E-state index in [-0.39, 0.29) is 18.0 Å². The molecule has 2 rings (SSSR count). The van der Waals surface area contributed by atoms with Gasteiger partial charge in [-0.2, -0.15) is 0 Å². The second-order valence-corrected chi connectivity index (χ2v) is 8.37. The highest BCUT2D eigenvalue weighted by Crippen LogP contribution is 2.52. The topological polar surface area (TPSA) is 159 Å². The first kappa shape index (κ1) is 21.7. The first-order valence-corrected chi connectivity index (χ1v) is 10.0. The van der Waals surface area contributed by atoms with Crippen LogP contribution in [0.25, 0.3) is 0 Å². The second kappa shape index (κ2) is 8.59. The van der Waals surface area contributed by atoms with E-state index in [1.54, 1.807) is 27.7 Å². The summed E-state index contributed by atoms with van der Waals surface area (Å²) in [6.45, 7) is 6.86. The Balaban J connectivity index is 2.16. The van der Waals surface area contributed by atoms with Crippen molar-refractivity contribution < 1.29 is 33.4 Å². The minimum atomic E-state index is -3.58. The van der Waals surface area contributed by atoms with E-state index < -0.39 is 38.0 Å². The predicted molar refractivity (Wildman–Crippen MR) is 93.7 cm³/mol. The van der Waals surface area contributed by atoms with Crippen molar-refractivity contribution in [1.29, 1.82) is 0 Å². The molecule has 0 saturated carbocycles. The Hall–Kier alpha value is -1.62. The summed E-state index contributed by atoms with van der Waals surface area (Å²) in [6, 6.07) is 0. The number of rotatable bonds is 8. The summed E-state index contributed by atoms with van der Waals surface area (Å²) in [5.74, 6) is 0.113. The van der Waals surface area contributed by atoms with Gasteiger partial charge in [0.2, 0.25) is 5.82 Å². The van der Waals surface area contributed by atoms with Crippen LogP contribution in [0.3, 0.4) is 0 Å². The standard InChI is InChI=1S/C15H25N4O7P/c1-8(2)25-27(23,26-9(3)4)6-5-10-11(20)12(21)15(24-10)19-7-17-14(18-19)13(16)22/h5-12,15,20-21H,1-4H3,(H2,16,22)/b6-5+/t10?,11-,12-,15-/m1/s1. The van der Waals surface area contributed by atoms with Crippen molar-refractivity contribution in [3.8, 4) is 0 Å². The molecule has 1 amide bonds. The number of aromatic nitrogens is 3. The Bertz CT molecular complexity index is 722. The number of carbonyl (C=O) groups is 1. The molecular weight excluding hydrogens is 379 g/mol. The van der Waals surface area contributed by atoms with Crippen molar-refractivity contribution in [2.75, 3.05) is 0 Å².